The van der Waals surface area contributed by atoms with E-state index in [2.05, 4.69) is 25.8 Å². The molecule has 2 aromatic heterocycles. The van der Waals surface area contributed by atoms with Gasteiger partial charge < -0.3 is 14.5 Å². The Bertz CT molecular complexity index is 1520. The number of ketones is 1. The summed E-state index contributed by atoms with van der Waals surface area (Å²) in [5.41, 5.74) is 3.55. The van der Waals surface area contributed by atoms with Gasteiger partial charge in [0.1, 0.15) is 17.9 Å². The van der Waals surface area contributed by atoms with Gasteiger partial charge in [0.15, 0.2) is 5.78 Å². The number of amides is 1. The van der Waals surface area contributed by atoms with Crippen LogP contribution in [0.25, 0.3) is 10.9 Å². The molecule has 0 saturated heterocycles. The number of hydrogen-bond acceptors (Lipinski definition) is 8. The summed E-state index contributed by atoms with van der Waals surface area (Å²) < 4.78 is 10.4. The number of nitrogens with zero attached hydrogens (tertiary/aromatic N) is 4. The third-order valence-electron chi connectivity index (χ3n) is 6.22. The molecule has 0 spiro atoms. The number of Topliss-reactive ketones (excluding diaryl/α,β-unsaturated/α-hetero) is 1. The summed E-state index contributed by atoms with van der Waals surface area (Å²) in [6, 6.07) is 15.9. The largest absolute Gasteiger partial charge is 0.469 e. The molecule has 0 unspecified atom stereocenters. The Morgan fingerprint density at radius 3 is 2.56 bits per heavy atom. The van der Waals surface area contributed by atoms with E-state index in [0.29, 0.717) is 35.2 Å². The Morgan fingerprint density at radius 2 is 1.87 bits per heavy atom. The van der Waals surface area contributed by atoms with E-state index in [1.807, 2.05) is 19.1 Å². The molecule has 4 aromatic rings. The van der Waals surface area contributed by atoms with E-state index in [1.54, 1.807) is 36.4 Å². The first-order chi connectivity index (χ1) is 18.9. The van der Waals surface area contributed by atoms with E-state index in [9.17, 15) is 14.4 Å². The van der Waals surface area contributed by atoms with Crippen LogP contribution in [0.15, 0.2) is 61.1 Å². The lowest BCUT2D eigenvalue weighted by atomic mass is 10.00. The van der Waals surface area contributed by atoms with Crippen LogP contribution >= 0.6 is 0 Å². The Balaban J connectivity index is 1.51. The molecule has 2 heterocycles. The zero-order chi connectivity index (χ0) is 27.8. The van der Waals surface area contributed by atoms with E-state index in [1.165, 1.54) is 24.5 Å². The second-order valence-electron chi connectivity index (χ2n) is 8.83. The summed E-state index contributed by atoms with van der Waals surface area (Å²) >= 11 is 0. The highest BCUT2D eigenvalue weighted by Crippen LogP contribution is 2.28. The van der Waals surface area contributed by atoms with Gasteiger partial charge in [-0.05, 0) is 61.7 Å². The highest BCUT2D eigenvalue weighted by molar-refractivity contribution is 6.09. The molecule has 0 bridgehead atoms. The maximum Gasteiger partial charge on any atom is 0.420 e. The Hall–Kier alpha value is -5.04. The number of esters is 1. The number of hydrogen-bond donors (Lipinski definition) is 1. The number of nitriles is 1. The second-order valence-corrected chi connectivity index (χ2v) is 8.83. The molecule has 0 aliphatic carbocycles. The van der Waals surface area contributed by atoms with Crippen molar-refractivity contribution in [1.82, 2.24) is 15.0 Å². The summed E-state index contributed by atoms with van der Waals surface area (Å²) in [5, 5.41) is 9.63. The SMILES string of the molecule is COC(=O)CCCN(C(=O)Oc1ccc2[nH]c(C)c(C(=O)CCc3ccc(C#N)cc3)c2c1)c1ccncn1. The zero-order valence-corrected chi connectivity index (χ0v) is 21.6. The van der Waals surface area contributed by atoms with Crippen LogP contribution in [-0.2, 0) is 16.0 Å². The minimum absolute atomic E-state index is 0.0444. The quantitative estimate of drug-likeness (QED) is 0.228. The molecule has 10 nitrogen and oxygen atoms in total. The molecule has 2 aromatic carbocycles. The molecule has 0 aliphatic heterocycles. The number of methoxy groups -OCH3 is 1. The van der Waals surface area contributed by atoms with E-state index < -0.39 is 6.09 Å². The molecule has 39 heavy (non-hydrogen) atoms. The first-order valence-electron chi connectivity index (χ1n) is 12.4. The average molecular weight is 526 g/mol. The maximum absolute atomic E-state index is 13.2. The van der Waals surface area contributed by atoms with Gasteiger partial charge in [-0.2, -0.15) is 5.26 Å². The first-order valence-corrected chi connectivity index (χ1v) is 12.4. The number of carbonyl (C=O) groups is 3. The fourth-order valence-electron chi connectivity index (χ4n) is 4.24. The van der Waals surface area contributed by atoms with Crippen LogP contribution in [0, 0.1) is 18.3 Å². The van der Waals surface area contributed by atoms with Crippen LogP contribution in [0.2, 0.25) is 0 Å². The molecule has 1 amide bonds. The number of aromatic amines is 1. The summed E-state index contributed by atoms with van der Waals surface area (Å²) in [6.07, 6.45) is 3.44. The molecule has 0 atom stereocenters. The lowest BCUT2D eigenvalue weighted by molar-refractivity contribution is -0.140. The number of nitrogens with one attached hydrogen (secondary N) is 1. The highest BCUT2D eigenvalue weighted by atomic mass is 16.6. The fraction of sp³-hybridized carbons (Fsp3) is 0.241. The van der Waals surface area contributed by atoms with Crippen LogP contribution < -0.4 is 9.64 Å². The molecule has 0 saturated carbocycles. The minimum Gasteiger partial charge on any atom is -0.469 e. The molecule has 198 valence electrons. The second kappa shape index (κ2) is 12.5. The lowest BCUT2D eigenvalue weighted by Gasteiger charge is -2.20. The van der Waals surface area contributed by atoms with Gasteiger partial charge in [0.25, 0.3) is 0 Å². The Labute approximate surface area is 225 Å². The van der Waals surface area contributed by atoms with Crippen LogP contribution in [-0.4, -0.2) is 46.5 Å². The number of H-pyrrole nitrogens is 1. The predicted molar refractivity (Wildman–Crippen MR) is 143 cm³/mol. The molecule has 0 fully saturated rings. The number of aryl methyl sites for hydroxylation is 2. The lowest BCUT2D eigenvalue weighted by Crippen LogP contribution is -2.35. The van der Waals surface area contributed by atoms with Crippen molar-refractivity contribution in [3.8, 4) is 11.8 Å². The van der Waals surface area contributed by atoms with E-state index >= 15 is 0 Å². The molecular weight excluding hydrogens is 498 g/mol. The number of carbonyl (C=O) groups excluding carboxylic acids is 3. The third-order valence-corrected chi connectivity index (χ3v) is 6.22. The predicted octanol–water partition coefficient (Wildman–Crippen LogP) is 4.91. The van der Waals surface area contributed by atoms with Crippen LogP contribution in [0.4, 0.5) is 10.6 Å². The van der Waals surface area contributed by atoms with Crippen molar-refractivity contribution in [1.29, 1.82) is 5.26 Å². The Morgan fingerprint density at radius 1 is 1.08 bits per heavy atom. The van der Waals surface area contributed by atoms with Crippen LogP contribution in [0.5, 0.6) is 5.75 Å². The number of rotatable bonds is 10. The fourth-order valence-corrected chi connectivity index (χ4v) is 4.24. The van der Waals surface area contributed by atoms with Crippen molar-refractivity contribution < 1.29 is 23.9 Å². The van der Waals surface area contributed by atoms with Gasteiger partial charge in [0, 0.05) is 47.7 Å². The maximum atomic E-state index is 13.2. The van der Waals surface area contributed by atoms with Crippen molar-refractivity contribution in [3.63, 3.8) is 0 Å². The summed E-state index contributed by atoms with van der Waals surface area (Å²) in [5.74, 6) is 0.171. The topological polar surface area (TPSA) is 138 Å². The molecular formula is C29H27N5O5. The average Bonchev–Trinajstić information content (AvgIpc) is 3.29. The van der Waals surface area contributed by atoms with E-state index in [0.717, 1.165) is 16.8 Å². The van der Waals surface area contributed by atoms with Gasteiger partial charge in [0.05, 0.1) is 18.7 Å². The van der Waals surface area contributed by atoms with Gasteiger partial charge in [-0.15, -0.1) is 0 Å². The van der Waals surface area contributed by atoms with Gasteiger partial charge in [-0.3, -0.25) is 14.5 Å². The summed E-state index contributed by atoms with van der Waals surface area (Å²) in [7, 11) is 1.31. The van der Waals surface area contributed by atoms with E-state index in [-0.39, 0.29) is 36.9 Å². The molecule has 4 rings (SSSR count). The van der Waals surface area contributed by atoms with Crippen LogP contribution in [0.1, 0.15) is 46.4 Å². The van der Waals surface area contributed by atoms with Gasteiger partial charge >= 0.3 is 12.1 Å². The van der Waals surface area contributed by atoms with Crippen LogP contribution in [0.3, 0.4) is 0 Å². The summed E-state index contributed by atoms with van der Waals surface area (Å²) in [4.78, 5) is 50.5. The number of ether oxygens (including phenoxy) is 2. The monoisotopic (exact) mass is 525 g/mol. The van der Waals surface area contributed by atoms with E-state index in [4.69, 9.17) is 10.00 Å². The van der Waals surface area contributed by atoms with Crippen molar-refractivity contribution in [2.75, 3.05) is 18.6 Å². The molecule has 0 radical (unpaired) electrons. The molecule has 10 heteroatoms. The standard InChI is InChI=1S/C29H27N5O5/c1-19-28(25(35)12-9-20-5-7-21(17-30)8-6-20)23-16-22(10-11-24(23)33-19)39-29(37)34(15-3-4-27(36)38-2)26-13-14-31-18-32-26/h5-8,10-11,13-14,16,18,33H,3-4,9,12,15H2,1-2H3. The Kier molecular flexibility index (Phi) is 8.64. The molecule has 1 N–H and O–H groups in total. The van der Waals surface area contributed by atoms with Gasteiger partial charge in [-0.25, -0.2) is 14.8 Å². The first kappa shape index (κ1) is 27.0. The summed E-state index contributed by atoms with van der Waals surface area (Å²) in [6.45, 7) is 2.01. The number of aromatic nitrogens is 3. The minimum atomic E-state index is -0.682. The molecule has 0 aliphatic rings. The smallest absolute Gasteiger partial charge is 0.420 e. The van der Waals surface area contributed by atoms with Crippen molar-refractivity contribution in [2.24, 2.45) is 0 Å². The normalized spacial score (nSPS) is 10.6. The van der Waals surface area contributed by atoms with Gasteiger partial charge in [0.2, 0.25) is 0 Å². The number of benzene rings is 2. The van der Waals surface area contributed by atoms with Crippen molar-refractivity contribution >= 4 is 34.6 Å². The third kappa shape index (κ3) is 6.64. The number of anilines is 1. The zero-order valence-electron chi connectivity index (χ0n) is 21.6. The highest BCUT2D eigenvalue weighted by Gasteiger charge is 2.21. The van der Waals surface area contributed by atoms with Gasteiger partial charge in [-0.1, -0.05) is 12.1 Å². The van der Waals surface area contributed by atoms with Crippen molar-refractivity contribution in [2.45, 2.75) is 32.6 Å². The van der Waals surface area contributed by atoms with Crippen molar-refractivity contribution in [3.05, 3.63) is 83.4 Å². The number of fused-ring (bicyclic) bond motifs is 1.